The molecule has 28 heavy (non-hydrogen) atoms. The molecule has 0 spiro atoms. The number of aliphatic hydroxyl groups excluding tert-OH is 1. The second kappa shape index (κ2) is 7.85. The van der Waals surface area contributed by atoms with Gasteiger partial charge in [0.25, 0.3) is 5.91 Å². The molecule has 1 N–H and O–H groups in total. The first-order chi connectivity index (χ1) is 13.6. The highest BCUT2D eigenvalue weighted by Gasteiger charge is 2.24. The van der Waals surface area contributed by atoms with Crippen molar-refractivity contribution in [1.82, 2.24) is 24.5 Å². The lowest BCUT2D eigenvalue weighted by molar-refractivity contribution is -0.134. The van der Waals surface area contributed by atoms with Crippen molar-refractivity contribution in [2.75, 3.05) is 13.2 Å². The predicted molar refractivity (Wildman–Crippen MR) is 101 cm³/mol. The van der Waals surface area contributed by atoms with E-state index in [0.29, 0.717) is 36.8 Å². The normalized spacial score (nSPS) is 15.0. The van der Waals surface area contributed by atoms with Crippen LogP contribution in [-0.2, 0) is 24.9 Å². The largest absolute Gasteiger partial charge is 0.484 e. The highest BCUT2D eigenvalue weighted by molar-refractivity contribution is 5.77. The summed E-state index contributed by atoms with van der Waals surface area (Å²) in [5.41, 5.74) is 2.15. The summed E-state index contributed by atoms with van der Waals surface area (Å²) < 4.78 is 9.10. The van der Waals surface area contributed by atoms with E-state index in [9.17, 15) is 9.90 Å². The molecule has 1 atom stereocenters. The highest BCUT2D eigenvalue weighted by Crippen LogP contribution is 2.23. The Hall–Kier alpha value is -3.13. The number of aromatic nitrogens is 4. The molecule has 0 radical (unpaired) electrons. The number of hydrogen-bond donors (Lipinski definition) is 1. The fourth-order valence-corrected chi connectivity index (χ4v) is 3.39. The van der Waals surface area contributed by atoms with Gasteiger partial charge in [0.15, 0.2) is 6.61 Å². The van der Waals surface area contributed by atoms with E-state index < -0.39 is 6.10 Å². The Morgan fingerprint density at radius 2 is 2.07 bits per heavy atom. The van der Waals surface area contributed by atoms with Gasteiger partial charge in [-0.2, -0.15) is 10.2 Å². The molecule has 8 nitrogen and oxygen atoms in total. The quantitative estimate of drug-likeness (QED) is 0.724. The maximum Gasteiger partial charge on any atom is 0.260 e. The smallest absolute Gasteiger partial charge is 0.260 e. The van der Waals surface area contributed by atoms with Crippen LogP contribution >= 0.6 is 0 Å². The monoisotopic (exact) mass is 381 g/mol. The van der Waals surface area contributed by atoms with Crippen molar-refractivity contribution in [3.8, 4) is 5.75 Å². The maximum absolute atomic E-state index is 12.6. The number of rotatable bonds is 5. The van der Waals surface area contributed by atoms with Gasteiger partial charge in [-0.25, -0.2) is 0 Å². The number of carbonyl (C=O) groups is 1. The van der Waals surface area contributed by atoms with Gasteiger partial charge in [0.2, 0.25) is 0 Å². The van der Waals surface area contributed by atoms with Crippen LogP contribution in [-0.4, -0.2) is 48.6 Å². The average molecular weight is 381 g/mol. The van der Waals surface area contributed by atoms with Crippen LogP contribution in [0.3, 0.4) is 0 Å². The lowest BCUT2D eigenvalue weighted by atomic mass is 10.2. The molecule has 1 unspecified atom stereocenters. The number of aliphatic hydroxyl groups is 1. The first-order valence-corrected chi connectivity index (χ1v) is 9.30. The summed E-state index contributed by atoms with van der Waals surface area (Å²) in [5.74, 6) is 0.615. The third kappa shape index (κ3) is 3.77. The van der Waals surface area contributed by atoms with Crippen LogP contribution in [0, 0.1) is 0 Å². The molecule has 8 heteroatoms. The van der Waals surface area contributed by atoms with E-state index in [1.165, 1.54) is 0 Å². The van der Waals surface area contributed by atoms with Gasteiger partial charge in [0, 0.05) is 26.3 Å². The van der Waals surface area contributed by atoms with Crippen molar-refractivity contribution >= 4 is 5.91 Å². The van der Waals surface area contributed by atoms with Crippen LogP contribution in [0.4, 0.5) is 0 Å². The third-order valence-corrected chi connectivity index (χ3v) is 4.91. The van der Waals surface area contributed by atoms with E-state index in [1.54, 1.807) is 28.9 Å². The van der Waals surface area contributed by atoms with E-state index in [1.807, 2.05) is 41.1 Å². The number of hydrogen-bond acceptors (Lipinski definition) is 5. The van der Waals surface area contributed by atoms with E-state index in [-0.39, 0.29) is 12.5 Å². The van der Waals surface area contributed by atoms with Crippen molar-refractivity contribution < 1.29 is 14.6 Å². The van der Waals surface area contributed by atoms with E-state index in [4.69, 9.17) is 4.74 Å². The molecule has 1 aromatic carbocycles. The molecule has 2 aromatic heterocycles. The summed E-state index contributed by atoms with van der Waals surface area (Å²) in [6, 6.07) is 12.9. The predicted octanol–water partition coefficient (Wildman–Crippen LogP) is 1.51. The van der Waals surface area contributed by atoms with Crippen molar-refractivity contribution in [1.29, 1.82) is 0 Å². The Labute approximate surface area is 163 Å². The maximum atomic E-state index is 12.6. The number of carbonyl (C=O) groups excluding carboxylic acids is 1. The molecule has 1 aliphatic heterocycles. The summed E-state index contributed by atoms with van der Waals surface area (Å²) in [5, 5.41) is 19.3. The SMILES string of the molecule is Cn1nccc1C(O)c1cc2n(n1)CCCN(C(=O)COc1ccccc1)C2. The van der Waals surface area contributed by atoms with Gasteiger partial charge in [0.05, 0.1) is 23.6 Å². The van der Waals surface area contributed by atoms with Crippen LogP contribution in [0.1, 0.15) is 29.6 Å². The summed E-state index contributed by atoms with van der Waals surface area (Å²) in [6.45, 7) is 1.81. The number of ether oxygens (including phenoxy) is 1. The van der Waals surface area contributed by atoms with Crippen LogP contribution < -0.4 is 4.74 Å². The first-order valence-electron chi connectivity index (χ1n) is 9.30. The molecule has 146 valence electrons. The summed E-state index contributed by atoms with van der Waals surface area (Å²) in [7, 11) is 1.78. The number of fused-ring (bicyclic) bond motifs is 1. The van der Waals surface area contributed by atoms with Gasteiger partial charge < -0.3 is 14.7 Å². The number of nitrogens with zero attached hydrogens (tertiary/aromatic N) is 5. The van der Waals surface area contributed by atoms with Crippen molar-refractivity contribution in [3.63, 3.8) is 0 Å². The van der Waals surface area contributed by atoms with E-state index in [2.05, 4.69) is 10.2 Å². The molecule has 0 saturated carbocycles. The molecule has 0 bridgehead atoms. The number of benzene rings is 1. The van der Waals surface area contributed by atoms with Gasteiger partial charge in [-0.3, -0.25) is 14.2 Å². The lowest BCUT2D eigenvalue weighted by Gasteiger charge is -2.20. The Morgan fingerprint density at radius 1 is 1.25 bits per heavy atom. The van der Waals surface area contributed by atoms with Crippen molar-refractivity contribution in [3.05, 3.63) is 65.7 Å². The van der Waals surface area contributed by atoms with Crippen LogP contribution in [0.5, 0.6) is 5.75 Å². The highest BCUT2D eigenvalue weighted by atomic mass is 16.5. The Balaban J connectivity index is 1.45. The average Bonchev–Trinajstić information content (AvgIpc) is 3.26. The van der Waals surface area contributed by atoms with Gasteiger partial charge in [-0.05, 0) is 30.7 Å². The molecular weight excluding hydrogens is 358 g/mol. The Morgan fingerprint density at radius 3 is 2.82 bits per heavy atom. The third-order valence-electron chi connectivity index (χ3n) is 4.91. The minimum absolute atomic E-state index is 0.00263. The van der Waals surface area contributed by atoms with E-state index in [0.717, 1.165) is 12.1 Å². The second-order valence-electron chi connectivity index (χ2n) is 6.84. The van der Waals surface area contributed by atoms with Crippen LogP contribution in [0.25, 0.3) is 0 Å². The minimum Gasteiger partial charge on any atom is -0.484 e. The molecular formula is C20H23N5O3. The molecule has 3 aromatic rings. The standard InChI is InChI=1S/C20H23N5O3/c1-23-18(8-9-21-23)20(27)17-12-15-13-24(10-5-11-25(15)22-17)19(26)14-28-16-6-3-2-4-7-16/h2-4,6-9,12,20,27H,5,10-11,13-14H2,1H3. The minimum atomic E-state index is -0.850. The Kier molecular flexibility index (Phi) is 5.12. The summed E-state index contributed by atoms with van der Waals surface area (Å²) in [6.07, 6.45) is 1.59. The molecule has 1 aliphatic rings. The zero-order chi connectivity index (χ0) is 19.5. The van der Waals surface area contributed by atoms with Crippen LogP contribution in [0.2, 0.25) is 0 Å². The second-order valence-corrected chi connectivity index (χ2v) is 6.84. The van der Waals surface area contributed by atoms with E-state index >= 15 is 0 Å². The number of para-hydroxylation sites is 1. The fourth-order valence-electron chi connectivity index (χ4n) is 3.39. The van der Waals surface area contributed by atoms with Gasteiger partial charge >= 0.3 is 0 Å². The molecule has 0 fully saturated rings. The van der Waals surface area contributed by atoms with Crippen molar-refractivity contribution in [2.24, 2.45) is 7.05 Å². The summed E-state index contributed by atoms with van der Waals surface area (Å²) in [4.78, 5) is 14.4. The number of amides is 1. The van der Waals surface area contributed by atoms with Crippen molar-refractivity contribution in [2.45, 2.75) is 25.6 Å². The molecule has 1 amide bonds. The molecule has 0 saturated heterocycles. The number of aryl methyl sites for hydroxylation is 2. The molecule has 4 rings (SSSR count). The molecule has 3 heterocycles. The topological polar surface area (TPSA) is 85.4 Å². The first kappa shape index (κ1) is 18.2. The van der Waals surface area contributed by atoms with Crippen LogP contribution in [0.15, 0.2) is 48.7 Å². The zero-order valence-electron chi connectivity index (χ0n) is 15.7. The van der Waals surface area contributed by atoms with Gasteiger partial charge in [0.1, 0.15) is 11.9 Å². The van der Waals surface area contributed by atoms with Gasteiger partial charge in [-0.1, -0.05) is 18.2 Å². The fraction of sp³-hybridized carbons (Fsp3) is 0.350. The lowest BCUT2D eigenvalue weighted by Crippen LogP contribution is -2.34. The summed E-state index contributed by atoms with van der Waals surface area (Å²) >= 11 is 0. The zero-order valence-corrected chi connectivity index (χ0v) is 15.7. The van der Waals surface area contributed by atoms with Gasteiger partial charge in [-0.15, -0.1) is 0 Å². The Bertz CT molecular complexity index is 950. The molecule has 0 aliphatic carbocycles.